The Morgan fingerprint density at radius 2 is 2.11 bits per heavy atom. The first-order chi connectivity index (χ1) is 8.78. The standard InChI is InChI=1S/C15H25N3/c1-12-5-3-6-13(11-12)9-10-17-15-8-4-7-14(16-2)18-15/h4,7-8,12-13H,3,5-6,9-11H2,1-2H3,(H2,16,17,18). The Morgan fingerprint density at radius 3 is 2.89 bits per heavy atom. The molecule has 1 fully saturated rings. The van der Waals surface area contributed by atoms with Gasteiger partial charge in [-0.1, -0.05) is 32.3 Å². The van der Waals surface area contributed by atoms with Crippen molar-refractivity contribution in [3.63, 3.8) is 0 Å². The minimum Gasteiger partial charge on any atom is -0.373 e. The fraction of sp³-hybridized carbons (Fsp3) is 0.667. The summed E-state index contributed by atoms with van der Waals surface area (Å²) in [5.41, 5.74) is 0. The molecule has 0 aromatic carbocycles. The SMILES string of the molecule is CNc1cccc(NCCC2CCCC(C)C2)n1. The maximum absolute atomic E-state index is 4.47. The zero-order chi connectivity index (χ0) is 12.8. The van der Waals surface area contributed by atoms with Crippen LogP contribution in [0.15, 0.2) is 18.2 Å². The van der Waals surface area contributed by atoms with Crippen LogP contribution in [0.4, 0.5) is 11.6 Å². The maximum Gasteiger partial charge on any atom is 0.128 e. The number of hydrogen-bond donors (Lipinski definition) is 2. The molecule has 0 saturated heterocycles. The lowest BCUT2D eigenvalue weighted by molar-refractivity contribution is 0.274. The molecule has 0 bridgehead atoms. The molecule has 1 aliphatic rings. The molecule has 2 rings (SSSR count). The molecule has 3 heteroatoms. The van der Waals surface area contributed by atoms with Crippen molar-refractivity contribution in [1.82, 2.24) is 4.98 Å². The van der Waals surface area contributed by atoms with Crippen molar-refractivity contribution in [2.75, 3.05) is 24.2 Å². The predicted molar refractivity (Wildman–Crippen MR) is 78.0 cm³/mol. The maximum atomic E-state index is 4.47. The van der Waals surface area contributed by atoms with Crippen LogP contribution in [0, 0.1) is 11.8 Å². The summed E-state index contributed by atoms with van der Waals surface area (Å²) in [6.07, 6.45) is 6.94. The molecule has 1 saturated carbocycles. The number of nitrogens with zero attached hydrogens (tertiary/aromatic N) is 1. The lowest BCUT2D eigenvalue weighted by Crippen LogP contribution is -2.16. The fourth-order valence-corrected chi connectivity index (χ4v) is 2.90. The van der Waals surface area contributed by atoms with Crippen molar-refractivity contribution >= 4 is 11.6 Å². The van der Waals surface area contributed by atoms with Gasteiger partial charge in [0.1, 0.15) is 11.6 Å². The minimum atomic E-state index is 0.911. The number of nitrogens with one attached hydrogen (secondary N) is 2. The fourth-order valence-electron chi connectivity index (χ4n) is 2.90. The van der Waals surface area contributed by atoms with E-state index in [1.165, 1.54) is 32.1 Å². The van der Waals surface area contributed by atoms with E-state index < -0.39 is 0 Å². The van der Waals surface area contributed by atoms with Crippen molar-refractivity contribution in [3.05, 3.63) is 18.2 Å². The molecule has 0 radical (unpaired) electrons. The van der Waals surface area contributed by atoms with Crippen LogP contribution in [0.25, 0.3) is 0 Å². The number of pyridine rings is 1. The van der Waals surface area contributed by atoms with Crippen LogP contribution < -0.4 is 10.6 Å². The van der Waals surface area contributed by atoms with Gasteiger partial charge >= 0.3 is 0 Å². The number of aromatic nitrogens is 1. The first-order valence-corrected chi connectivity index (χ1v) is 7.16. The van der Waals surface area contributed by atoms with Crippen LogP contribution in [0.3, 0.4) is 0 Å². The zero-order valence-corrected chi connectivity index (χ0v) is 11.6. The van der Waals surface area contributed by atoms with Crippen LogP contribution >= 0.6 is 0 Å². The first kappa shape index (κ1) is 13.2. The molecule has 2 N–H and O–H groups in total. The summed E-state index contributed by atoms with van der Waals surface area (Å²) in [7, 11) is 1.90. The average Bonchev–Trinajstić information content (AvgIpc) is 2.39. The van der Waals surface area contributed by atoms with Gasteiger partial charge in [0.15, 0.2) is 0 Å². The number of rotatable bonds is 5. The van der Waals surface area contributed by atoms with E-state index in [-0.39, 0.29) is 0 Å². The van der Waals surface area contributed by atoms with Gasteiger partial charge in [0.2, 0.25) is 0 Å². The second-order valence-corrected chi connectivity index (χ2v) is 5.51. The molecule has 1 aliphatic carbocycles. The van der Waals surface area contributed by atoms with Gasteiger partial charge in [0, 0.05) is 13.6 Å². The molecule has 2 atom stereocenters. The van der Waals surface area contributed by atoms with Crippen molar-refractivity contribution in [3.8, 4) is 0 Å². The van der Waals surface area contributed by atoms with E-state index in [0.29, 0.717) is 0 Å². The quantitative estimate of drug-likeness (QED) is 0.832. The lowest BCUT2D eigenvalue weighted by atomic mass is 9.81. The number of hydrogen-bond acceptors (Lipinski definition) is 3. The van der Waals surface area contributed by atoms with Crippen LogP contribution in [-0.4, -0.2) is 18.6 Å². The monoisotopic (exact) mass is 247 g/mol. The van der Waals surface area contributed by atoms with Crippen LogP contribution in [0.1, 0.15) is 39.0 Å². The van der Waals surface area contributed by atoms with Gasteiger partial charge in [-0.3, -0.25) is 0 Å². The molecule has 0 amide bonds. The highest BCUT2D eigenvalue weighted by Gasteiger charge is 2.18. The van der Waals surface area contributed by atoms with E-state index in [2.05, 4.69) is 22.5 Å². The molecule has 1 aromatic rings. The van der Waals surface area contributed by atoms with E-state index in [9.17, 15) is 0 Å². The first-order valence-electron chi connectivity index (χ1n) is 7.16. The third-order valence-corrected chi connectivity index (χ3v) is 3.91. The highest BCUT2D eigenvalue weighted by molar-refractivity contribution is 5.44. The normalized spacial score (nSPS) is 23.7. The third kappa shape index (κ3) is 3.90. The van der Waals surface area contributed by atoms with Crippen LogP contribution in [-0.2, 0) is 0 Å². The molecule has 100 valence electrons. The van der Waals surface area contributed by atoms with E-state index in [4.69, 9.17) is 0 Å². The van der Waals surface area contributed by atoms with Crippen molar-refractivity contribution in [2.45, 2.75) is 39.0 Å². The smallest absolute Gasteiger partial charge is 0.128 e. The Balaban J connectivity index is 1.74. The minimum absolute atomic E-state index is 0.911. The highest BCUT2D eigenvalue weighted by Crippen LogP contribution is 2.30. The summed E-state index contributed by atoms with van der Waals surface area (Å²) in [5.74, 6) is 3.74. The summed E-state index contributed by atoms with van der Waals surface area (Å²) in [6.45, 7) is 3.43. The predicted octanol–water partition coefficient (Wildman–Crippen LogP) is 3.75. The molecule has 18 heavy (non-hydrogen) atoms. The molecule has 3 nitrogen and oxygen atoms in total. The highest BCUT2D eigenvalue weighted by atomic mass is 15.0. The molecular formula is C15H25N3. The zero-order valence-electron chi connectivity index (χ0n) is 11.6. The van der Waals surface area contributed by atoms with Gasteiger partial charge in [-0.15, -0.1) is 0 Å². The molecule has 1 aromatic heterocycles. The average molecular weight is 247 g/mol. The van der Waals surface area contributed by atoms with Gasteiger partial charge in [-0.05, 0) is 36.8 Å². The molecular weight excluding hydrogens is 222 g/mol. The lowest BCUT2D eigenvalue weighted by Gasteiger charge is -2.26. The molecule has 0 spiro atoms. The van der Waals surface area contributed by atoms with Gasteiger partial charge in [0.05, 0.1) is 0 Å². The summed E-state index contributed by atoms with van der Waals surface area (Å²) in [5, 5.41) is 6.49. The Hall–Kier alpha value is -1.25. The van der Waals surface area contributed by atoms with Gasteiger partial charge in [-0.2, -0.15) is 0 Å². The van der Waals surface area contributed by atoms with Crippen molar-refractivity contribution in [1.29, 1.82) is 0 Å². The van der Waals surface area contributed by atoms with Crippen LogP contribution in [0.5, 0.6) is 0 Å². The van der Waals surface area contributed by atoms with Gasteiger partial charge in [0.25, 0.3) is 0 Å². The molecule has 1 heterocycles. The van der Waals surface area contributed by atoms with E-state index >= 15 is 0 Å². The Labute approximate surface area is 110 Å². The Morgan fingerprint density at radius 1 is 1.28 bits per heavy atom. The second-order valence-electron chi connectivity index (χ2n) is 5.51. The van der Waals surface area contributed by atoms with E-state index in [0.717, 1.165) is 30.0 Å². The molecule has 2 unspecified atom stereocenters. The Bertz CT molecular complexity index is 365. The van der Waals surface area contributed by atoms with E-state index in [1.54, 1.807) is 0 Å². The van der Waals surface area contributed by atoms with Crippen LogP contribution in [0.2, 0.25) is 0 Å². The topological polar surface area (TPSA) is 37.0 Å². The third-order valence-electron chi connectivity index (χ3n) is 3.91. The summed E-state index contributed by atoms with van der Waals surface area (Å²) >= 11 is 0. The van der Waals surface area contributed by atoms with Gasteiger partial charge < -0.3 is 10.6 Å². The number of anilines is 2. The van der Waals surface area contributed by atoms with Crippen molar-refractivity contribution < 1.29 is 0 Å². The van der Waals surface area contributed by atoms with Gasteiger partial charge in [-0.25, -0.2) is 4.98 Å². The summed E-state index contributed by atoms with van der Waals surface area (Å²) in [4.78, 5) is 4.47. The second kappa shape index (κ2) is 6.62. The summed E-state index contributed by atoms with van der Waals surface area (Å²) < 4.78 is 0. The Kier molecular flexibility index (Phi) is 4.85. The van der Waals surface area contributed by atoms with Crippen molar-refractivity contribution in [2.24, 2.45) is 11.8 Å². The summed E-state index contributed by atoms with van der Waals surface area (Å²) in [6, 6.07) is 6.04. The molecule has 0 aliphatic heterocycles. The largest absolute Gasteiger partial charge is 0.373 e. The van der Waals surface area contributed by atoms with E-state index in [1.807, 2.05) is 25.2 Å².